The number of morpholine rings is 1. The van der Waals surface area contributed by atoms with E-state index in [0.29, 0.717) is 33.0 Å². The van der Waals surface area contributed by atoms with Crippen LogP contribution in [0.1, 0.15) is 5.56 Å². The maximum Gasteiger partial charge on any atom is 0.161 e. The lowest BCUT2D eigenvalue weighted by Gasteiger charge is -2.42. The lowest BCUT2D eigenvalue weighted by molar-refractivity contribution is -0.950. The molecule has 0 amide bonds. The Bertz CT molecular complexity index is 809. The molecular formula is C23H29ClNO5+. The van der Waals surface area contributed by atoms with Crippen LogP contribution in [0.15, 0.2) is 48.5 Å². The number of hydrogen-bond acceptors (Lipinski definition) is 5. The summed E-state index contributed by atoms with van der Waals surface area (Å²) in [6.45, 7) is 5.70. The van der Waals surface area contributed by atoms with E-state index in [-0.39, 0.29) is 12.7 Å². The molecule has 6 nitrogen and oxygen atoms in total. The van der Waals surface area contributed by atoms with Crippen molar-refractivity contribution >= 4 is 11.6 Å². The van der Waals surface area contributed by atoms with E-state index >= 15 is 0 Å². The molecule has 2 aromatic carbocycles. The van der Waals surface area contributed by atoms with Crippen LogP contribution in [0.5, 0.6) is 11.5 Å². The third-order valence-electron chi connectivity index (χ3n) is 5.63. The molecule has 1 N–H and O–H groups in total. The van der Waals surface area contributed by atoms with E-state index in [4.69, 9.17) is 30.5 Å². The van der Waals surface area contributed by atoms with Gasteiger partial charge in [-0.05, 0) is 24.3 Å². The number of para-hydroxylation sites is 2. The average molecular weight is 435 g/mol. The van der Waals surface area contributed by atoms with Crippen molar-refractivity contribution < 1.29 is 28.5 Å². The molecule has 2 heterocycles. The molecule has 0 aliphatic carbocycles. The SMILES string of the molecule is O[C@@H](COC[C@@H]1COc2ccccc2O1)C[N+]1(Cc2ccc(Cl)cc2)CCOCC1. The molecule has 0 radical (unpaired) electrons. The zero-order valence-corrected chi connectivity index (χ0v) is 17.8. The number of quaternary nitrogens is 1. The highest BCUT2D eigenvalue weighted by Gasteiger charge is 2.33. The van der Waals surface area contributed by atoms with Gasteiger partial charge in [0.05, 0.1) is 26.4 Å². The molecule has 0 spiro atoms. The summed E-state index contributed by atoms with van der Waals surface area (Å²) in [6.07, 6.45) is -0.736. The molecule has 0 bridgehead atoms. The van der Waals surface area contributed by atoms with Gasteiger partial charge in [-0.15, -0.1) is 0 Å². The maximum atomic E-state index is 10.7. The molecule has 1 fully saturated rings. The van der Waals surface area contributed by atoms with E-state index in [1.165, 1.54) is 5.56 Å². The molecule has 7 heteroatoms. The van der Waals surface area contributed by atoms with Crippen molar-refractivity contribution in [3.8, 4) is 11.5 Å². The standard InChI is InChI=1S/C23H29ClNO5/c24-19-7-5-18(6-8-19)13-25(9-11-27-12-10-25)14-20(26)15-28-16-21-17-29-22-3-1-2-4-23(22)30-21/h1-8,20-21,26H,9-17H2/q+1/t20-,21-/m1/s1. The number of ether oxygens (including phenoxy) is 4. The van der Waals surface area contributed by atoms with Crippen LogP contribution in [-0.4, -0.2) is 74.5 Å². The average Bonchev–Trinajstić information content (AvgIpc) is 2.76. The number of hydrogen-bond donors (Lipinski definition) is 1. The van der Waals surface area contributed by atoms with Gasteiger partial charge in [-0.2, -0.15) is 0 Å². The molecule has 1 saturated heterocycles. The maximum absolute atomic E-state index is 10.7. The van der Waals surface area contributed by atoms with Gasteiger partial charge in [0.15, 0.2) is 17.6 Å². The summed E-state index contributed by atoms with van der Waals surface area (Å²) in [6, 6.07) is 15.6. The summed E-state index contributed by atoms with van der Waals surface area (Å²) in [5, 5.41) is 11.4. The van der Waals surface area contributed by atoms with Gasteiger partial charge in [0, 0.05) is 10.6 Å². The van der Waals surface area contributed by atoms with Crippen LogP contribution in [0.2, 0.25) is 5.02 Å². The van der Waals surface area contributed by atoms with Crippen molar-refractivity contribution in [1.82, 2.24) is 0 Å². The van der Waals surface area contributed by atoms with Gasteiger partial charge in [-0.1, -0.05) is 35.9 Å². The number of aliphatic hydroxyl groups is 1. The lowest BCUT2D eigenvalue weighted by Crippen LogP contribution is -2.58. The second-order valence-electron chi connectivity index (χ2n) is 8.06. The molecule has 0 aromatic heterocycles. The van der Waals surface area contributed by atoms with Gasteiger partial charge < -0.3 is 28.5 Å². The monoisotopic (exact) mass is 434 g/mol. The zero-order chi connectivity index (χ0) is 20.8. The first kappa shape index (κ1) is 21.4. The molecule has 2 atom stereocenters. The smallest absolute Gasteiger partial charge is 0.161 e. The van der Waals surface area contributed by atoms with Crippen LogP contribution in [-0.2, 0) is 16.0 Å². The first-order valence-electron chi connectivity index (χ1n) is 10.4. The van der Waals surface area contributed by atoms with Crippen molar-refractivity contribution in [2.24, 2.45) is 0 Å². The highest BCUT2D eigenvalue weighted by atomic mass is 35.5. The molecule has 2 aromatic rings. The number of aliphatic hydroxyl groups excluding tert-OH is 1. The summed E-state index contributed by atoms with van der Waals surface area (Å²) >= 11 is 6.02. The minimum atomic E-state index is -0.563. The fraction of sp³-hybridized carbons (Fsp3) is 0.478. The fourth-order valence-electron chi connectivity index (χ4n) is 4.09. The van der Waals surface area contributed by atoms with Gasteiger partial charge in [-0.3, -0.25) is 0 Å². The summed E-state index contributed by atoms with van der Waals surface area (Å²) in [4.78, 5) is 0. The van der Waals surface area contributed by atoms with Crippen LogP contribution in [0.4, 0.5) is 0 Å². The van der Waals surface area contributed by atoms with E-state index in [2.05, 4.69) is 12.1 Å². The molecular weight excluding hydrogens is 406 g/mol. The normalized spacial score (nSPS) is 21.2. The van der Waals surface area contributed by atoms with E-state index < -0.39 is 6.10 Å². The minimum Gasteiger partial charge on any atom is -0.486 e. The van der Waals surface area contributed by atoms with E-state index in [9.17, 15) is 5.11 Å². The van der Waals surface area contributed by atoms with Gasteiger partial charge in [-0.25, -0.2) is 0 Å². The predicted molar refractivity (Wildman–Crippen MR) is 114 cm³/mol. The van der Waals surface area contributed by atoms with E-state index in [1.807, 2.05) is 36.4 Å². The Morgan fingerprint density at radius 3 is 2.57 bits per heavy atom. The molecule has 2 aliphatic rings. The Balaban J connectivity index is 1.28. The summed E-state index contributed by atoms with van der Waals surface area (Å²) < 4.78 is 23.8. The molecule has 0 unspecified atom stereocenters. The summed E-state index contributed by atoms with van der Waals surface area (Å²) in [5.41, 5.74) is 1.21. The second kappa shape index (κ2) is 9.98. The molecule has 4 rings (SSSR count). The van der Waals surface area contributed by atoms with Crippen LogP contribution in [0, 0.1) is 0 Å². The molecule has 0 saturated carbocycles. The Kier molecular flexibility index (Phi) is 7.12. The minimum absolute atomic E-state index is 0.173. The molecule has 30 heavy (non-hydrogen) atoms. The van der Waals surface area contributed by atoms with E-state index in [1.54, 1.807) is 0 Å². The quantitative estimate of drug-likeness (QED) is 0.647. The third kappa shape index (κ3) is 5.65. The Hall–Kier alpha value is -1.83. The Morgan fingerprint density at radius 1 is 1.07 bits per heavy atom. The van der Waals surface area contributed by atoms with E-state index in [0.717, 1.165) is 40.6 Å². The molecule has 162 valence electrons. The Labute approximate surface area is 182 Å². The van der Waals surface area contributed by atoms with Crippen molar-refractivity contribution in [2.75, 3.05) is 52.7 Å². The molecule has 2 aliphatic heterocycles. The highest BCUT2D eigenvalue weighted by Crippen LogP contribution is 2.30. The first-order chi connectivity index (χ1) is 14.6. The Morgan fingerprint density at radius 2 is 1.80 bits per heavy atom. The summed E-state index contributed by atoms with van der Waals surface area (Å²) in [5.74, 6) is 1.49. The van der Waals surface area contributed by atoms with Gasteiger partial charge in [0.1, 0.15) is 38.9 Å². The number of nitrogens with zero attached hydrogens (tertiary/aromatic N) is 1. The highest BCUT2D eigenvalue weighted by molar-refractivity contribution is 6.30. The first-order valence-corrected chi connectivity index (χ1v) is 10.8. The predicted octanol–water partition coefficient (Wildman–Crippen LogP) is 2.90. The van der Waals surface area contributed by atoms with Crippen molar-refractivity contribution in [2.45, 2.75) is 18.8 Å². The van der Waals surface area contributed by atoms with Gasteiger partial charge in [0.2, 0.25) is 0 Å². The number of benzene rings is 2. The lowest BCUT2D eigenvalue weighted by atomic mass is 10.1. The van der Waals surface area contributed by atoms with Crippen LogP contribution in [0.25, 0.3) is 0 Å². The van der Waals surface area contributed by atoms with Crippen molar-refractivity contribution in [3.63, 3.8) is 0 Å². The van der Waals surface area contributed by atoms with Gasteiger partial charge in [0.25, 0.3) is 0 Å². The van der Waals surface area contributed by atoms with Gasteiger partial charge >= 0.3 is 0 Å². The van der Waals surface area contributed by atoms with Crippen LogP contribution in [0.3, 0.4) is 0 Å². The topological polar surface area (TPSA) is 57.2 Å². The fourth-order valence-corrected chi connectivity index (χ4v) is 4.22. The number of fused-ring (bicyclic) bond motifs is 1. The third-order valence-corrected chi connectivity index (χ3v) is 5.88. The number of halogens is 1. The van der Waals surface area contributed by atoms with Crippen LogP contribution >= 0.6 is 11.6 Å². The number of rotatable bonds is 8. The van der Waals surface area contributed by atoms with Crippen molar-refractivity contribution in [1.29, 1.82) is 0 Å². The summed E-state index contributed by atoms with van der Waals surface area (Å²) in [7, 11) is 0. The van der Waals surface area contributed by atoms with Crippen molar-refractivity contribution in [3.05, 3.63) is 59.1 Å². The van der Waals surface area contributed by atoms with Crippen LogP contribution < -0.4 is 9.47 Å². The largest absolute Gasteiger partial charge is 0.486 e. The zero-order valence-electron chi connectivity index (χ0n) is 17.0. The second-order valence-corrected chi connectivity index (χ2v) is 8.49.